The molecule has 3 N–H and O–H groups in total. The summed E-state index contributed by atoms with van der Waals surface area (Å²) >= 11 is 0. The Morgan fingerprint density at radius 1 is 1.14 bits per heavy atom. The number of H-pyrrole nitrogens is 1. The summed E-state index contributed by atoms with van der Waals surface area (Å²) in [5.74, 6) is -0.223. The van der Waals surface area contributed by atoms with Gasteiger partial charge < -0.3 is 15.4 Å². The Hall–Kier alpha value is -2.59. The van der Waals surface area contributed by atoms with Crippen LogP contribution in [0.15, 0.2) is 54.6 Å². The van der Waals surface area contributed by atoms with E-state index in [1.807, 2.05) is 42.5 Å². The minimum absolute atomic E-state index is 0.223. The zero-order valence-corrected chi connectivity index (χ0v) is 11.6. The third-order valence-electron chi connectivity index (χ3n) is 3.43. The van der Waals surface area contributed by atoms with Crippen LogP contribution in [0.4, 0.5) is 5.69 Å². The summed E-state index contributed by atoms with van der Waals surface area (Å²) in [5, 5.41) is 13.6. The first kappa shape index (κ1) is 13.4. The largest absolute Gasteiger partial charge is 0.389 e. The van der Waals surface area contributed by atoms with Crippen LogP contribution in [0, 0.1) is 0 Å². The molecule has 2 aromatic carbocycles. The van der Waals surface area contributed by atoms with Gasteiger partial charge in [0.15, 0.2) is 0 Å². The molecule has 4 nitrogen and oxygen atoms in total. The van der Waals surface area contributed by atoms with E-state index in [1.165, 1.54) is 0 Å². The van der Waals surface area contributed by atoms with Crippen molar-refractivity contribution in [1.29, 1.82) is 0 Å². The maximum absolute atomic E-state index is 12.3. The van der Waals surface area contributed by atoms with Gasteiger partial charge in [-0.15, -0.1) is 0 Å². The lowest BCUT2D eigenvalue weighted by Crippen LogP contribution is -2.14. The molecule has 4 heteroatoms. The summed E-state index contributed by atoms with van der Waals surface area (Å²) in [6.07, 6.45) is -0.635. The van der Waals surface area contributed by atoms with Crippen molar-refractivity contribution in [3.8, 4) is 0 Å². The number of anilines is 1. The lowest BCUT2D eigenvalue weighted by atomic mass is 10.1. The van der Waals surface area contributed by atoms with Gasteiger partial charge in [-0.05, 0) is 25.1 Å². The molecule has 0 bridgehead atoms. The molecule has 0 aliphatic rings. The van der Waals surface area contributed by atoms with Gasteiger partial charge in [-0.25, -0.2) is 0 Å². The number of carbonyl (C=O) groups is 1. The highest BCUT2D eigenvalue weighted by atomic mass is 16.3. The van der Waals surface area contributed by atoms with Gasteiger partial charge in [-0.3, -0.25) is 4.79 Å². The summed E-state index contributed by atoms with van der Waals surface area (Å²) in [4.78, 5) is 15.4. The number of hydrogen-bond acceptors (Lipinski definition) is 2. The molecule has 3 aromatic rings. The van der Waals surface area contributed by atoms with E-state index in [1.54, 1.807) is 19.1 Å². The van der Waals surface area contributed by atoms with Gasteiger partial charge in [0.05, 0.1) is 6.10 Å². The normalized spacial score (nSPS) is 12.3. The van der Waals surface area contributed by atoms with E-state index in [0.29, 0.717) is 16.9 Å². The average molecular weight is 280 g/mol. The number of para-hydroxylation sites is 2. The molecule has 3 rings (SSSR count). The number of carbonyl (C=O) groups excluding carboxylic acids is 1. The number of fused-ring (bicyclic) bond motifs is 1. The molecular weight excluding hydrogens is 264 g/mol. The monoisotopic (exact) mass is 280 g/mol. The van der Waals surface area contributed by atoms with E-state index in [0.717, 1.165) is 10.9 Å². The first-order valence-corrected chi connectivity index (χ1v) is 6.81. The predicted octanol–water partition coefficient (Wildman–Crippen LogP) is 3.47. The minimum Gasteiger partial charge on any atom is -0.389 e. The average Bonchev–Trinajstić information content (AvgIpc) is 2.91. The molecule has 0 fully saturated rings. The molecular formula is C17H16N2O2. The third kappa shape index (κ3) is 2.66. The lowest BCUT2D eigenvalue weighted by Gasteiger charge is -2.12. The van der Waals surface area contributed by atoms with Crippen LogP contribution in [0.25, 0.3) is 10.9 Å². The van der Waals surface area contributed by atoms with Crippen molar-refractivity contribution in [2.75, 3.05) is 5.32 Å². The van der Waals surface area contributed by atoms with Gasteiger partial charge in [0.1, 0.15) is 5.69 Å². The topological polar surface area (TPSA) is 65.1 Å². The molecule has 0 aliphatic carbocycles. The zero-order valence-electron chi connectivity index (χ0n) is 11.6. The second kappa shape index (κ2) is 5.42. The Morgan fingerprint density at radius 2 is 1.86 bits per heavy atom. The number of aliphatic hydroxyl groups excluding tert-OH is 1. The van der Waals surface area contributed by atoms with Crippen LogP contribution in [-0.4, -0.2) is 16.0 Å². The maximum atomic E-state index is 12.3. The summed E-state index contributed by atoms with van der Waals surface area (Å²) in [6, 6.07) is 16.8. The van der Waals surface area contributed by atoms with Crippen LogP contribution in [0.1, 0.15) is 29.1 Å². The number of hydrogen-bond donors (Lipinski definition) is 3. The highest BCUT2D eigenvalue weighted by Crippen LogP contribution is 2.23. The van der Waals surface area contributed by atoms with Crippen molar-refractivity contribution in [2.45, 2.75) is 13.0 Å². The molecule has 1 unspecified atom stereocenters. The minimum atomic E-state index is -0.635. The van der Waals surface area contributed by atoms with E-state index >= 15 is 0 Å². The number of aromatic nitrogens is 1. The number of aliphatic hydroxyl groups is 1. The van der Waals surface area contributed by atoms with Gasteiger partial charge >= 0.3 is 0 Å². The van der Waals surface area contributed by atoms with Gasteiger partial charge in [0, 0.05) is 22.2 Å². The van der Waals surface area contributed by atoms with Crippen molar-refractivity contribution in [1.82, 2.24) is 4.98 Å². The summed E-state index contributed by atoms with van der Waals surface area (Å²) in [7, 11) is 0. The Bertz CT molecular complexity index is 757. The molecule has 0 spiro atoms. The van der Waals surface area contributed by atoms with E-state index in [4.69, 9.17) is 0 Å². The molecule has 1 amide bonds. The smallest absolute Gasteiger partial charge is 0.272 e. The third-order valence-corrected chi connectivity index (χ3v) is 3.43. The Balaban J connectivity index is 1.89. The Morgan fingerprint density at radius 3 is 2.62 bits per heavy atom. The van der Waals surface area contributed by atoms with Crippen molar-refractivity contribution >= 4 is 22.5 Å². The maximum Gasteiger partial charge on any atom is 0.272 e. The van der Waals surface area contributed by atoms with Gasteiger partial charge in [0.25, 0.3) is 5.91 Å². The molecule has 21 heavy (non-hydrogen) atoms. The van der Waals surface area contributed by atoms with E-state index in [-0.39, 0.29) is 5.91 Å². The quantitative estimate of drug-likeness (QED) is 0.687. The molecule has 1 aromatic heterocycles. The van der Waals surface area contributed by atoms with Crippen molar-refractivity contribution in [3.63, 3.8) is 0 Å². The van der Waals surface area contributed by atoms with Gasteiger partial charge in [-0.1, -0.05) is 36.4 Å². The first-order valence-electron chi connectivity index (χ1n) is 6.81. The lowest BCUT2D eigenvalue weighted by molar-refractivity contribution is 0.102. The van der Waals surface area contributed by atoms with Gasteiger partial charge in [-0.2, -0.15) is 0 Å². The molecule has 1 heterocycles. The van der Waals surface area contributed by atoms with Gasteiger partial charge in [0.2, 0.25) is 0 Å². The SMILES string of the molecule is CC(O)c1ccccc1NC(=O)c1cc2ccccc2[nH]1. The molecule has 106 valence electrons. The van der Waals surface area contributed by atoms with Crippen LogP contribution in [-0.2, 0) is 0 Å². The molecule has 0 aliphatic heterocycles. The first-order chi connectivity index (χ1) is 10.1. The van der Waals surface area contributed by atoms with Crippen LogP contribution in [0.3, 0.4) is 0 Å². The number of nitrogens with one attached hydrogen (secondary N) is 2. The van der Waals surface area contributed by atoms with Crippen LogP contribution < -0.4 is 5.32 Å². The second-order valence-corrected chi connectivity index (χ2v) is 4.99. The van der Waals surface area contributed by atoms with E-state index in [9.17, 15) is 9.90 Å². The standard InChI is InChI=1S/C17H16N2O2/c1-11(20)13-7-3-5-9-15(13)19-17(21)16-10-12-6-2-4-8-14(12)18-16/h2-11,18,20H,1H3,(H,19,21). The summed E-state index contributed by atoms with van der Waals surface area (Å²) in [5.41, 5.74) is 2.74. The zero-order chi connectivity index (χ0) is 14.8. The van der Waals surface area contributed by atoms with Crippen LogP contribution in [0.5, 0.6) is 0 Å². The molecule has 0 saturated carbocycles. The second-order valence-electron chi connectivity index (χ2n) is 4.99. The molecule has 1 atom stereocenters. The Labute approximate surface area is 122 Å². The van der Waals surface area contributed by atoms with Crippen LogP contribution >= 0.6 is 0 Å². The number of benzene rings is 2. The fraction of sp³-hybridized carbons (Fsp3) is 0.118. The number of aromatic amines is 1. The van der Waals surface area contributed by atoms with Crippen molar-refractivity contribution < 1.29 is 9.90 Å². The highest BCUT2D eigenvalue weighted by molar-refractivity contribution is 6.06. The van der Waals surface area contributed by atoms with Crippen molar-refractivity contribution in [3.05, 3.63) is 65.9 Å². The Kier molecular flexibility index (Phi) is 3.46. The van der Waals surface area contributed by atoms with E-state index < -0.39 is 6.10 Å². The molecule has 0 saturated heterocycles. The predicted molar refractivity (Wildman–Crippen MR) is 83.3 cm³/mol. The summed E-state index contributed by atoms with van der Waals surface area (Å²) < 4.78 is 0. The van der Waals surface area contributed by atoms with E-state index in [2.05, 4.69) is 10.3 Å². The summed E-state index contributed by atoms with van der Waals surface area (Å²) in [6.45, 7) is 1.67. The number of rotatable bonds is 3. The highest BCUT2D eigenvalue weighted by Gasteiger charge is 2.13. The fourth-order valence-electron chi connectivity index (χ4n) is 2.36. The molecule has 0 radical (unpaired) electrons. The fourth-order valence-corrected chi connectivity index (χ4v) is 2.36. The van der Waals surface area contributed by atoms with Crippen LogP contribution in [0.2, 0.25) is 0 Å². The van der Waals surface area contributed by atoms with Crippen molar-refractivity contribution in [2.24, 2.45) is 0 Å². The number of amides is 1.